The number of anilines is 1. The van der Waals surface area contributed by atoms with Gasteiger partial charge in [-0.1, -0.05) is 0 Å². The van der Waals surface area contributed by atoms with Gasteiger partial charge in [-0.25, -0.2) is 14.4 Å². The van der Waals surface area contributed by atoms with Crippen LogP contribution in [0.4, 0.5) is 14.9 Å². The van der Waals surface area contributed by atoms with Gasteiger partial charge in [0.15, 0.2) is 11.5 Å². The molecule has 11 heteroatoms. The van der Waals surface area contributed by atoms with Gasteiger partial charge in [-0.05, 0) is 18.2 Å². The summed E-state index contributed by atoms with van der Waals surface area (Å²) in [5.41, 5.74) is 0.595. The minimum atomic E-state index is -0.696. The van der Waals surface area contributed by atoms with Crippen molar-refractivity contribution in [2.75, 3.05) is 44.3 Å². The number of carbonyl (C=O) groups excluding carboxylic acids is 1. The number of aromatic nitrogens is 2. The number of hydrogen-bond donors (Lipinski definition) is 1. The highest BCUT2D eigenvalue weighted by Gasteiger charge is 2.51. The molecule has 0 aliphatic carbocycles. The van der Waals surface area contributed by atoms with E-state index in [1.807, 2.05) is 6.07 Å². The van der Waals surface area contributed by atoms with E-state index in [4.69, 9.17) is 14.2 Å². The molecule has 0 unspecified atom stereocenters. The largest absolute Gasteiger partial charge is 0.486 e. The summed E-state index contributed by atoms with van der Waals surface area (Å²) in [4.78, 5) is 30.9. The monoisotopic (exact) mass is 497 g/mol. The third-order valence-electron chi connectivity index (χ3n) is 7.32. The zero-order valence-corrected chi connectivity index (χ0v) is 19.6. The summed E-state index contributed by atoms with van der Waals surface area (Å²) < 4.78 is 32.0. The van der Waals surface area contributed by atoms with Gasteiger partial charge in [0.1, 0.15) is 44.3 Å². The average Bonchev–Trinajstić information content (AvgIpc) is 3.21. The number of amides is 1. The van der Waals surface area contributed by atoms with Crippen LogP contribution in [-0.2, 0) is 11.3 Å². The molecular formula is C25H26FN4O6+. The number of halogens is 1. The molecule has 2 saturated heterocycles. The predicted octanol–water partition coefficient (Wildman–Crippen LogP) is 2.70. The quantitative estimate of drug-likeness (QED) is 0.553. The second-order valence-electron chi connectivity index (χ2n) is 9.61. The van der Waals surface area contributed by atoms with Crippen LogP contribution in [0.25, 0.3) is 11.0 Å². The fourth-order valence-electron chi connectivity index (χ4n) is 5.23. The van der Waals surface area contributed by atoms with Gasteiger partial charge >= 0.3 is 6.09 Å². The fraction of sp³-hybridized carbons (Fsp3) is 0.400. The number of rotatable bonds is 4. The highest BCUT2D eigenvalue weighted by molar-refractivity contribution is 5.90. The number of hydrogen-bond acceptors (Lipinski definition) is 7. The first kappa shape index (κ1) is 22.7. The van der Waals surface area contributed by atoms with E-state index in [0.29, 0.717) is 73.9 Å². The molecule has 0 atom stereocenters. The van der Waals surface area contributed by atoms with Crippen molar-refractivity contribution in [1.29, 1.82) is 0 Å². The molecule has 1 N–H and O–H groups in total. The number of hydroxylamine groups is 3. The van der Waals surface area contributed by atoms with Gasteiger partial charge in [0.25, 0.3) is 5.56 Å². The molecule has 1 aromatic carbocycles. The van der Waals surface area contributed by atoms with E-state index in [2.05, 4.69) is 4.98 Å². The van der Waals surface area contributed by atoms with Crippen molar-refractivity contribution in [1.82, 2.24) is 9.55 Å². The number of piperidine rings is 1. The van der Waals surface area contributed by atoms with Crippen molar-refractivity contribution in [3.8, 4) is 11.5 Å². The summed E-state index contributed by atoms with van der Waals surface area (Å²) in [5.74, 6) is 0.720. The van der Waals surface area contributed by atoms with Crippen LogP contribution >= 0.6 is 0 Å². The molecule has 3 aliphatic rings. The van der Waals surface area contributed by atoms with E-state index >= 15 is 0 Å². The second-order valence-corrected chi connectivity index (χ2v) is 9.61. The molecule has 0 bridgehead atoms. The van der Waals surface area contributed by atoms with Gasteiger partial charge in [0.05, 0.1) is 36.0 Å². The number of benzene rings is 1. The lowest BCUT2D eigenvalue weighted by atomic mass is 9.91. The molecule has 2 fully saturated rings. The van der Waals surface area contributed by atoms with Crippen LogP contribution in [0.1, 0.15) is 12.8 Å². The van der Waals surface area contributed by atoms with E-state index in [1.54, 1.807) is 23.1 Å². The van der Waals surface area contributed by atoms with Crippen molar-refractivity contribution in [3.63, 3.8) is 0 Å². The summed E-state index contributed by atoms with van der Waals surface area (Å²) in [6, 6.07) is 9.61. The molecule has 3 aliphatic heterocycles. The van der Waals surface area contributed by atoms with Crippen molar-refractivity contribution in [3.05, 3.63) is 58.8 Å². The summed E-state index contributed by atoms with van der Waals surface area (Å²) in [5, 5.41) is 11.2. The number of nitrogens with zero attached hydrogens (tertiary/aromatic N) is 4. The van der Waals surface area contributed by atoms with E-state index in [1.165, 1.54) is 16.7 Å². The summed E-state index contributed by atoms with van der Waals surface area (Å²) in [6.45, 7) is 2.49. The topological polar surface area (TPSA) is 103 Å². The van der Waals surface area contributed by atoms with Crippen molar-refractivity contribution < 1.29 is 33.2 Å². The summed E-state index contributed by atoms with van der Waals surface area (Å²) >= 11 is 0. The number of carbonyl (C=O) groups is 1. The van der Waals surface area contributed by atoms with Gasteiger partial charge in [-0.15, -0.1) is 0 Å². The Labute approximate surface area is 205 Å². The molecular weight excluding hydrogens is 471 g/mol. The van der Waals surface area contributed by atoms with Crippen molar-refractivity contribution >= 4 is 22.8 Å². The Morgan fingerprint density at radius 3 is 2.64 bits per heavy atom. The molecule has 36 heavy (non-hydrogen) atoms. The number of pyridine rings is 2. The van der Waals surface area contributed by atoms with E-state index < -0.39 is 17.5 Å². The van der Waals surface area contributed by atoms with Crippen LogP contribution in [-0.4, -0.2) is 70.5 Å². The molecule has 1 spiro atoms. The first-order valence-corrected chi connectivity index (χ1v) is 12.0. The predicted molar refractivity (Wildman–Crippen MR) is 126 cm³/mol. The maximum absolute atomic E-state index is 13.8. The maximum atomic E-state index is 13.8. The number of fused-ring (bicyclic) bond motifs is 2. The average molecular weight is 498 g/mol. The Bertz CT molecular complexity index is 1400. The molecule has 10 nitrogen and oxygen atoms in total. The minimum absolute atomic E-state index is 0.202. The first-order chi connectivity index (χ1) is 17.3. The van der Waals surface area contributed by atoms with E-state index in [0.717, 1.165) is 6.20 Å². The molecule has 6 rings (SSSR count). The summed E-state index contributed by atoms with van der Waals surface area (Å²) in [6.07, 6.45) is 1.62. The summed E-state index contributed by atoms with van der Waals surface area (Å²) in [7, 11) is 0. The van der Waals surface area contributed by atoms with Gasteiger partial charge in [0.2, 0.25) is 0 Å². The molecule has 3 aromatic rings. The lowest BCUT2D eigenvalue weighted by molar-refractivity contribution is -1.11. The van der Waals surface area contributed by atoms with Crippen LogP contribution in [0.3, 0.4) is 0 Å². The Balaban J connectivity index is 1.14. The Morgan fingerprint density at radius 2 is 1.83 bits per heavy atom. The number of quaternary nitrogens is 1. The molecule has 5 heterocycles. The van der Waals surface area contributed by atoms with Crippen LogP contribution in [0.2, 0.25) is 0 Å². The Kier molecular flexibility index (Phi) is 5.34. The standard InChI is InChI=1S/C25H26FN4O6/c26-17-13-20-19(27-15-17)2-4-23(31)28(20)7-10-30(33)8-5-25(6-9-30)16-29(24(32)36-25)18-1-3-21-22(14-18)35-12-11-34-21/h1-4,13-15,33H,5-12,16H2/q+1. The molecule has 188 valence electrons. The molecule has 0 saturated carbocycles. The van der Waals surface area contributed by atoms with Crippen LogP contribution in [0, 0.1) is 5.82 Å². The van der Waals surface area contributed by atoms with Crippen LogP contribution < -0.4 is 19.9 Å². The lowest BCUT2D eigenvalue weighted by Gasteiger charge is -2.40. The normalized spacial score (nSPS) is 25.4. The lowest BCUT2D eigenvalue weighted by Crippen LogP contribution is -2.57. The SMILES string of the molecule is O=C1OC2(CC[N+](O)(CCn3c(=O)ccc4ncc(F)cc43)CC2)CN1c1ccc2c(c1)OCCO2. The zero-order valence-electron chi connectivity index (χ0n) is 19.6. The third-order valence-corrected chi connectivity index (χ3v) is 7.32. The van der Waals surface area contributed by atoms with Gasteiger partial charge < -0.3 is 18.8 Å². The van der Waals surface area contributed by atoms with Gasteiger partial charge in [-0.2, -0.15) is 4.65 Å². The van der Waals surface area contributed by atoms with Crippen LogP contribution in [0.5, 0.6) is 11.5 Å². The zero-order chi connectivity index (χ0) is 24.9. The smallest absolute Gasteiger partial charge is 0.415 e. The Hall–Kier alpha value is -3.70. The second kappa shape index (κ2) is 8.45. The first-order valence-electron chi connectivity index (χ1n) is 12.0. The minimum Gasteiger partial charge on any atom is -0.486 e. The highest BCUT2D eigenvalue weighted by atomic mass is 19.1. The van der Waals surface area contributed by atoms with E-state index in [9.17, 15) is 19.2 Å². The highest BCUT2D eigenvalue weighted by Crippen LogP contribution is 2.40. The molecule has 0 radical (unpaired) electrons. The Morgan fingerprint density at radius 1 is 1.06 bits per heavy atom. The fourth-order valence-corrected chi connectivity index (χ4v) is 5.23. The van der Waals surface area contributed by atoms with E-state index in [-0.39, 0.29) is 23.3 Å². The molecule has 1 amide bonds. The van der Waals surface area contributed by atoms with Crippen molar-refractivity contribution in [2.45, 2.75) is 25.0 Å². The maximum Gasteiger partial charge on any atom is 0.415 e. The van der Waals surface area contributed by atoms with Gasteiger partial charge in [0, 0.05) is 31.0 Å². The van der Waals surface area contributed by atoms with Crippen molar-refractivity contribution in [2.24, 2.45) is 0 Å². The number of likely N-dealkylation sites (tertiary alicyclic amines) is 1. The molecule has 2 aromatic heterocycles. The van der Waals surface area contributed by atoms with Gasteiger partial charge in [-0.3, -0.25) is 14.7 Å². The van der Waals surface area contributed by atoms with Crippen LogP contribution in [0.15, 0.2) is 47.4 Å². The third kappa shape index (κ3) is 4.03. The number of ether oxygens (including phenoxy) is 3.